The molecule has 0 aliphatic carbocycles. The number of ether oxygens (including phenoxy) is 1. The minimum absolute atomic E-state index is 0.0460. The van der Waals surface area contributed by atoms with Gasteiger partial charge in [-0.15, -0.1) is 0 Å². The lowest BCUT2D eigenvalue weighted by Gasteiger charge is -2.05. The molecule has 0 fully saturated rings. The van der Waals surface area contributed by atoms with Crippen LogP contribution in [0.1, 0.15) is 23.7 Å². The molecule has 0 aliphatic heterocycles. The third-order valence-corrected chi connectivity index (χ3v) is 2.65. The van der Waals surface area contributed by atoms with Crippen LogP contribution >= 0.6 is 7.94 Å². The van der Waals surface area contributed by atoms with E-state index in [0.717, 1.165) is 6.42 Å². The topological polar surface area (TPSA) is 87.0 Å². The molecule has 0 bridgehead atoms. The van der Waals surface area contributed by atoms with Gasteiger partial charge in [-0.05, 0) is 30.7 Å². The standard InChI is InChI=1S/C10H14O5P/c1-2-7-15-9-5-3-8(4-6-9)10(11)16(12,13)14/h3-6,12-14H,2,7H2,1H3/q+1. The lowest BCUT2D eigenvalue weighted by Crippen LogP contribution is -2.05. The van der Waals surface area contributed by atoms with E-state index in [-0.39, 0.29) is 5.56 Å². The Morgan fingerprint density at radius 2 is 1.81 bits per heavy atom. The van der Waals surface area contributed by atoms with Gasteiger partial charge < -0.3 is 4.74 Å². The lowest BCUT2D eigenvalue weighted by atomic mass is 10.2. The predicted molar refractivity (Wildman–Crippen MR) is 60.1 cm³/mol. The SMILES string of the molecule is CCCOc1ccc(C(=O)[P+](O)(O)O)cc1. The molecule has 6 heteroatoms. The van der Waals surface area contributed by atoms with Gasteiger partial charge in [0.1, 0.15) is 5.75 Å². The van der Waals surface area contributed by atoms with Gasteiger partial charge in [-0.3, -0.25) is 0 Å². The second-order valence-electron chi connectivity index (χ2n) is 3.25. The van der Waals surface area contributed by atoms with Crippen molar-refractivity contribution in [1.29, 1.82) is 0 Å². The quantitative estimate of drug-likeness (QED) is 0.682. The van der Waals surface area contributed by atoms with Gasteiger partial charge in [0.15, 0.2) is 0 Å². The van der Waals surface area contributed by atoms with Crippen molar-refractivity contribution in [1.82, 2.24) is 0 Å². The molecule has 0 aromatic heterocycles. The molecule has 5 nitrogen and oxygen atoms in total. The Kier molecular flexibility index (Phi) is 4.38. The lowest BCUT2D eigenvalue weighted by molar-refractivity contribution is 0.102. The summed E-state index contributed by atoms with van der Waals surface area (Å²) in [4.78, 5) is 37.6. The van der Waals surface area contributed by atoms with E-state index in [0.29, 0.717) is 12.4 Å². The Hall–Kier alpha value is -1.00. The summed E-state index contributed by atoms with van der Waals surface area (Å²) in [5.74, 6) is 0.594. The molecule has 1 aromatic carbocycles. The molecule has 3 N–H and O–H groups in total. The average Bonchev–Trinajstić information content (AvgIpc) is 2.25. The number of carbonyl (C=O) groups is 1. The van der Waals surface area contributed by atoms with Crippen molar-refractivity contribution in [2.24, 2.45) is 0 Å². The number of hydrogen-bond donors (Lipinski definition) is 3. The molecule has 0 aliphatic rings. The molecule has 0 saturated carbocycles. The molecule has 1 rings (SSSR count). The summed E-state index contributed by atoms with van der Waals surface area (Å²) in [6.07, 6.45) is 0.874. The zero-order chi connectivity index (χ0) is 12.2. The monoisotopic (exact) mass is 245 g/mol. The van der Waals surface area contributed by atoms with Gasteiger partial charge in [0.25, 0.3) is 0 Å². The van der Waals surface area contributed by atoms with Crippen LogP contribution in [0.25, 0.3) is 0 Å². The molecule has 0 spiro atoms. The zero-order valence-corrected chi connectivity index (χ0v) is 9.72. The smallest absolute Gasteiger partial charge is 0.483 e. The van der Waals surface area contributed by atoms with E-state index in [2.05, 4.69) is 0 Å². The molecule has 88 valence electrons. The summed E-state index contributed by atoms with van der Waals surface area (Å²) in [5, 5.41) is 0. The Morgan fingerprint density at radius 1 is 1.25 bits per heavy atom. The first-order chi connectivity index (χ1) is 7.45. The van der Waals surface area contributed by atoms with Crippen LogP contribution in [-0.2, 0) is 0 Å². The van der Waals surface area contributed by atoms with Gasteiger partial charge in [-0.25, -0.2) is 4.79 Å². The molecule has 16 heavy (non-hydrogen) atoms. The van der Waals surface area contributed by atoms with Crippen LogP contribution in [0.3, 0.4) is 0 Å². The van der Waals surface area contributed by atoms with Crippen LogP contribution in [-0.4, -0.2) is 26.8 Å². The fraction of sp³-hybridized carbons (Fsp3) is 0.300. The normalized spacial score (nSPS) is 11.2. The van der Waals surface area contributed by atoms with Crippen LogP contribution < -0.4 is 4.74 Å². The summed E-state index contributed by atoms with van der Waals surface area (Å²) < 4.78 is 5.29. The highest BCUT2D eigenvalue weighted by molar-refractivity contribution is 7.76. The molecule has 0 atom stereocenters. The maximum absolute atomic E-state index is 11.3. The highest BCUT2D eigenvalue weighted by atomic mass is 31.2. The molecule has 0 unspecified atom stereocenters. The van der Waals surface area contributed by atoms with Crippen LogP contribution in [0, 0.1) is 0 Å². The summed E-state index contributed by atoms with van der Waals surface area (Å²) in [7, 11) is -4.44. The highest BCUT2D eigenvalue weighted by Crippen LogP contribution is 2.47. The molecule has 1 aromatic rings. The first-order valence-corrected chi connectivity index (χ1v) is 6.45. The van der Waals surface area contributed by atoms with Gasteiger partial charge in [0, 0.05) is 0 Å². The fourth-order valence-electron chi connectivity index (χ4n) is 1.09. The van der Waals surface area contributed by atoms with Gasteiger partial charge in [0.2, 0.25) is 0 Å². The minimum atomic E-state index is -4.44. The Morgan fingerprint density at radius 3 is 2.25 bits per heavy atom. The van der Waals surface area contributed by atoms with Crippen LogP contribution in [0.4, 0.5) is 0 Å². The molecule has 0 heterocycles. The zero-order valence-electron chi connectivity index (χ0n) is 8.83. The van der Waals surface area contributed by atoms with Gasteiger partial charge in [-0.1, -0.05) is 6.92 Å². The van der Waals surface area contributed by atoms with E-state index in [1.54, 1.807) is 12.1 Å². The second kappa shape index (κ2) is 5.37. The van der Waals surface area contributed by atoms with Crippen molar-refractivity contribution in [3.63, 3.8) is 0 Å². The first-order valence-electron chi connectivity index (χ1n) is 4.80. The number of rotatable bonds is 5. The largest absolute Gasteiger partial charge is 0.494 e. The van der Waals surface area contributed by atoms with E-state index < -0.39 is 13.5 Å². The predicted octanol–water partition coefficient (Wildman–Crippen LogP) is 1.36. The summed E-state index contributed by atoms with van der Waals surface area (Å²) in [5.41, 5.74) is -1.01. The van der Waals surface area contributed by atoms with Crippen LogP contribution in [0.15, 0.2) is 24.3 Å². The van der Waals surface area contributed by atoms with E-state index >= 15 is 0 Å². The van der Waals surface area contributed by atoms with Crippen molar-refractivity contribution < 1.29 is 24.2 Å². The first kappa shape index (κ1) is 13.1. The summed E-state index contributed by atoms with van der Waals surface area (Å²) in [6.45, 7) is 2.55. The van der Waals surface area contributed by atoms with E-state index in [4.69, 9.17) is 19.4 Å². The Bertz CT molecular complexity index is 354. The number of benzene rings is 1. The van der Waals surface area contributed by atoms with Crippen molar-refractivity contribution in [3.05, 3.63) is 29.8 Å². The van der Waals surface area contributed by atoms with Gasteiger partial charge >= 0.3 is 13.5 Å². The van der Waals surface area contributed by atoms with E-state index in [1.165, 1.54) is 12.1 Å². The average molecular weight is 245 g/mol. The molecular formula is C10H14O5P+. The van der Waals surface area contributed by atoms with Crippen molar-refractivity contribution in [3.8, 4) is 5.75 Å². The third-order valence-electron chi connectivity index (χ3n) is 1.85. The Balaban J connectivity index is 2.75. The van der Waals surface area contributed by atoms with Gasteiger partial charge in [0.05, 0.1) is 12.2 Å². The molecular weight excluding hydrogens is 231 g/mol. The summed E-state index contributed by atoms with van der Waals surface area (Å²) >= 11 is 0. The maximum Gasteiger partial charge on any atom is 0.483 e. The fourth-order valence-corrected chi connectivity index (χ4v) is 1.58. The second-order valence-corrected chi connectivity index (χ2v) is 4.79. The van der Waals surface area contributed by atoms with E-state index in [9.17, 15) is 4.79 Å². The van der Waals surface area contributed by atoms with Crippen molar-refractivity contribution in [2.75, 3.05) is 6.61 Å². The van der Waals surface area contributed by atoms with Gasteiger partial charge in [-0.2, -0.15) is 14.7 Å². The van der Waals surface area contributed by atoms with E-state index in [1.807, 2.05) is 6.92 Å². The molecule has 0 amide bonds. The summed E-state index contributed by atoms with van der Waals surface area (Å²) in [6, 6.07) is 5.84. The van der Waals surface area contributed by atoms with Crippen molar-refractivity contribution >= 4 is 13.5 Å². The Labute approximate surface area is 93.9 Å². The van der Waals surface area contributed by atoms with Crippen LogP contribution in [0.5, 0.6) is 5.75 Å². The number of hydrogen-bond acceptors (Lipinski definition) is 5. The number of carbonyl (C=O) groups excluding carboxylic acids is 1. The molecule has 0 saturated heterocycles. The third kappa shape index (κ3) is 3.54. The van der Waals surface area contributed by atoms with Crippen molar-refractivity contribution in [2.45, 2.75) is 13.3 Å². The van der Waals surface area contributed by atoms with Crippen LogP contribution in [0.2, 0.25) is 0 Å². The minimum Gasteiger partial charge on any atom is -0.494 e. The highest BCUT2D eigenvalue weighted by Gasteiger charge is 2.43. The maximum atomic E-state index is 11.3. The molecule has 0 radical (unpaired) electrons.